The summed E-state index contributed by atoms with van der Waals surface area (Å²) in [6.07, 6.45) is 0.308. The topological polar surface area (TPSA) is 117 Å². The number of alkyl halides is 3. The molecule has 1 saturated carbocycles. The van der Waals surface area contributed by atoms with Gasteiger partial charge in [0.05, 0.1) is 6.04 Å². The molecule has 1 fully saturated rings. The average Bonchev–Trinajstić information content (AvgIpc) is 3.32. The molecule has 1 atom stereocenters. The van der Waals surface area contributed by atoms with E-state index in [1.54, 1.807) is 16.7 Å². The van der Waals surface area contributed by atoms with Crippen LogP contribution >= 0.6 is 0 Å². The Morgan fingerprint density at radius 1 is 1.08 bits per heavy atom. The lowest BCUT2D eigenvalue weighted by Crippen LogP contribution is -2.41. The number of fused-ring (bicyclic) bond motifs is 1. The van der Waals surface area contributed by atoms with Gasteiger partial charge in [-0.25, -0.2) is 9.97 Å². The number of nitro groups is 1. The van der Waals surface area contributed by atoms with Crippen molar-refractivity contribution < 1.29 is 27.6 Å². The van der Waals surface area contributed by atoms with Crippen molar-refractivity contribution in [1.82, 2.24) is 24.8 Å². The Bertz CT molecular complexity index is 1310. The predicted octanol–water partition coefficient (Wildman–Crippen LogP) is 5.09. The highest BCUT2D eigenvalue weighted by Gasteiger charge is 2.32. The molecule has 3 aromatic rings. The number of imidazole rings is 1. The average molecular weight is 547 g/mol. The van der Waals surface area contributed by atoms with Gasteiger partial charge in [-0.1, -0.05) is 12.1 Å². The fraction of sp³-hybridized carbons (Fsp3) is 0.500. The van der Waals surface area contributed by atoms with Crippen LogP contribution in [0.5, 0.6) is 11.8 Å². The van der Waals surface area contributed by atoms with E-state index < -0.39 is 11.3 Å². The monoisotopic (exact) mass is 546 g/mol. The molecule has 1 aliphatic heterocycles. The van der Waals surface area contributed by atoms with Crippen molar-refractivity contribution in [3.05, 3.63) is 68.9 Å². The lowest BCUT2D eigenvalue weighted by atomic mass is 9.78. The van der Waals surface area contributed by atoms with Crippen LogP contribution in [0.25, 0.3) is 0 Å². The van der Waals surface area contributed by atoms with Crippen molar-refractivity contribution in [2.45, 2.75) is 76.9 Å². The van der Waals surface area contributed by atoms with Crippen LogP contribution in [0.15, 0.2) is 30.5 Å². The zero-order chi connectivity index (χ0) is 27.7. The van der Waals surface area contributed by atoms with E-state index in [2.05, 4.69) is 15.0 Å². The van der Waals surface area contributed by atoms with Crippen LogP contribution in [0.1, 0.15) is 65.9 Å². The molecule has 0 saturated heterocycles. The van der Waals surface area contributed by atoms with E-state index >= 15 is 0 Å². The van der Waals surface area contributed by atoms with Gasteiger partial charge in [-0.15, -0.1) is 13.2 Å². The molecule has 1 aromatic carbocycles. The van der Waals surface area contributed by atoms with Crippen LogP contribution in [0, 0.1) is 24.0 Å². The number of aryl methyl sites for hydroxylation is 2. The van der Waals surface area contributed by atoms with Gasteiger partial charge >= 0.3 is 18.2 Å². The van der Waals surface area contributed by atoms with Crippen LogP contribution in [0.2, 0.25) is 0 Å². The normalized spacial score (nSPS) is 21.2. The summed E-state index contributed by atoms with van der Waals surface area (Å²) in [6.45, 7) is 5.35. The maximum atomic E-state index is 12.4. The fourth-order valence-electron chi connectivity index (χ4n) is 5.39. The molecule has 0 amide bonds. The van der Waals surface area contributed by atoms with E-state index in [9.17, 15) is 23.3 Å². The third kappa shape index (κ3) is 6.29. The van der Waals surface area contributed by atoms with Crippen molar-refractivity contribution in [2.75, 3.05) is 6.61 Å². The Balaban J connectivity index is 1.16. The number of hydrogen-bond acceptors (Lipinski definition) is 8. The SMILES string of the molecule is Cc1nc(C2CCC(c3ccc(OC(F)(F)F)cc3)CC2)nc(C)c1CN[C@@H]1COc2nc([N+](=O)[O-])cn2C1. The molecule has 2 aliphatic rings. The van der Waals surface area contributed by atoms with Crippen molar-refractivity contribution in [1.29, 1.82) is 0 Å². The summed E-state index contributed by atoms with van der Waals surface area (Å²) in [5, 5.41) is 14.4. The second-order valence-electron chi connectivity index (χ2n) is 10.1. The highest BCUT2D eigenvalue weighted by molar-refractivity contribution is 5.30. The molecule has 208 valence electrons. The van der Waals surface area contributed by atoms with Gasteiger partial charge in [-0.3, -0.25) is 4.57 Å². The van der Waals surface area contributed by atoms with E-state index in [1.165, 1.54) is 18.3 Å². The highest BCUT2D eigenvalue weighted by atomic mass is 19.4. The first-order valence-corrected chi connectivity index (χ1v) is 12.8. The maximum absolute atomic E-state index is 12.4. The molecule has 13 heteroatoms. The molecule has 0 spiro atoms. The number of hydrogen-bond donors (Lipinski definition) is 1. The maximum Gasteiger partial charge on any atom is 0.573 e. The Morgan fingerprint density at radius 3 is 2.33 bits per heavy atom. The van der Waals surface area contributed by atoms with Crippen LogP contribution in [0.4, 0.5) is 19.0 Å². The van der Waals surface area contributed by atoms with E-state index in [0.717, 1.165) is 54.0 Å². The number of aromatic nitrogens is 4. The molecule has 2 aromatic heterocycles. The Kier molecular flexibility index (Phi) is 7.43. The molecule has 0 radical (unpaired) electrons. The molecular weight excluding hydrogens is 517 g/mol. The van der Waals surface area contributed by atoms with E-state index in [-0.39, 0.29) is 35.5 Å². The Labute approximate surface area is 222 Å². The Hall–Kier alpha value is -3.74. The molecule has 1 N–H and O–H groups in total. The highest BCUT2D eigenvalue weighted by Crippen LogP contribution is 2.40. The molecule has 10 nitrogen and oxygen atoms in total. The summed E-state index contributed by atoms with van der Waals surface area (Å²) in [6, 6.07) is 6.37. The second-order valence-corrected chi connectivity index (χ2v) is 10.1. The largest absolute Gasteiger partial charge is 0.573 e. The number of nitrogens with zero attached hydrogens (tertiary/aromatic N) is 5. The predicted molar refractivity (Wildman–Crippen MR) is 134 cm³/mol. The molecular formula is C26H29F3N6O4. The number of halogens is 3. The van der Waals surface area contributed by atoms with Crippen molar-refractivity contribution in [3.63, 3.8) is 0 Å². The Morgan fingerprint density at radius 2 is 1.72 bits per heavy atom. The summed E-state index contributed by atoms with van der Waals surface area (Å²) in [4.78, 5) is 24.0. The molecule has 3 heterocycles. The lowest BCUT2D eigenvalue weighted by molar-refractivity contribution is -0.389. The van der Waals surface area contributed by atoms with Gasteiger partial charge in [0, 0.05) is 40.9 Å². The summed E-state index contributed by atoms with van der Waals surface area (Å²) >= 11 is 0. The minimum Gasteiger partial charge on any atom is -0.444 e. The van der Waals surface area contributed by atoms with Gasteiger partial charge < -0.3 is 24.9 Å². The lowest BCUT2D eigenvalue weighted by Gasteiger charge is -2.29. The quantitative estimate of drug-likeness (QED) is 0.322. The fourth-order valence-corrected chi connectivity index (χ4v) is 5.39. The summed E-state index contributed by atoms with van der Waals surface area (Å²) < 4.78 is 48.4. The van der Waals surface area contributed by atoms with Crippen LogP contribution < -0.4 is 14.8 Å². The van der Waals surface area contributed by atoms with E-state index in [4.69, 9.17) is 14.7 Å². The van der Waals surface area contributed by atoms with Crippen LogP contribution in [0.3, 0.4) is 0 Å². The molecule has 0 bridgehead atoms. The first-order valence-electron chi connectivity index (χ1n) is 12.8. The van der Waals surface area contributed by atoms with E-state index in [1.807, 2.05) is 13.8 Å². The third-order valence-corrected chi connectivity index (χ3v) is 7.43. The van der Waals surface area contributed by atoms with Gasteiger partial charge in [0.15, 0.2) is 0 Å². The number of nitrogens with one attached hydrogen (secondary N) is 1. The first-order chi connectivity index (χ1) is 18.6. The van der Waals surface area contributed by atoms with Gasteiger partial charge in [0.1, 0.15) is 24.4 Å². The molecule has 0 unspecified atom stereocenters. The van der Waals surface area contributed by atoms with Crippen LogP contribution in [-0.4, -0.2) is 43.5 Å². The van der Waals surface area contributed by atoms with Crippen molar-refractivity contribution >= 4 is 5.82 Å². The molecule has 5 rings (SSSR count). The zero-order valence-corrected chi connectivity index (χ0v) is 21.6. The van der Waals surface area contributed by atoms with Crippen LogP contribution in [-0.2, 0) is 13.1 Å². The van der Waals surface area contributed by atoms with Gasteiger partial charge in [0.25, 0.3) is 0 Å². The zero-order valence-electron chi connectivity index (χ0n) is 21.6. The minimum absolute atomic E-state index is 0.0471. The summed E-state index contributed by atoms with van der Waals surface area (Å²) in [5.41, 5.74) is 3.84. The summed E-state index contributed by atoms with van der Waals surface area (Å²) in [5.74, 6) is 0.902. The molecule has 39 heavy (non-hydrogen) atoms. The smallest absolute Gasteiger partial charge is 0.444 e. The molecule has 1 aliphatic carbocycles. The van der Waals surface area contributed by atoms with E-state index in [0.29, 0.717) is 19.7 Å². The third-order valence-electron chi connectivity index (χ3n) is 7.43. The number of benzene rings is 1. The summed E-state index contributed by atoms with van der Waals surface area (Å²) in [7, 11) is 0. The van der Waals surface area contributed by atoms with Crippen molar-refractivity contribution in [2.24, 2.45) is 0 Å². The van der Waals surface area contributed by atoms with Gasteiger partial charge in [0.2, 0.25) is 0 Å². The van der Waals surface area contributed by atoms with Gasteiger partial charge in [-0.05, 0) is 68.1 Å². The van der Waals surface area contributed by atoms with Crippen molar-refractivity contribution in [3.8, 4) is 11.8 Å². The standard InChI is InChI=1S/C26H29F3N6O4/c1-15-22(11-30-20-12-34-13-23(35(36)37)33-25(34)38-14-20)16(2)32-24(31-15)19-5-3-17(4-6-19)18-7-9-21(10-8-18)39-26(27,28)29/h7-10,13,17,19-20,30H,3-6,11-12,14H2,1-2H3/t17?,19?,20-/m0/s1. The van der Waals surface area contributed by atoms with Gasteiger partial charge in [-0.2, -0.15) is 0 Å². The first kappa shape index (κ1) is 26.9. The minimum atomic E-state index is -4.69. The number of rotatable bonds is 7. The number of ether oxygens (including phenoxy) is 2. The second kappa shape index (κ2) is 10.8.